The van der Waals surface area contributed by atoms with Gasteiger partial charge in [-0.1, -0.05) is 12.1 Å². The summed E-state index contributed by atoms with van der Waals surface area (Å²) < 4.78 is 26.0. The fourth-order valence-electron chi connectivity index (χ4n) is 1.44. The molecular formula is C10H10N4O2S. The van der Waals surface area contributed by atoms with E-state index in [1.165, 1.54) is 14.1 Å². The quantitative estimate of drug-likeness (QED) is 0.782. The molecule has 0 radical (unpaired) electrons. The summed E-state index contributed by atoms with van der Waals surface area (Å²) in [6, 6.07) is 6.78. The van der Waals surface area contributed by atoms with Gasteiger partial charge in [0.15, 0.2) is 6.19 Å². The number of hydrogen-bond acceptors (Lipinski definition) is 4. The summed E-state index contributed by atoms with van der Waals surface area (Å²) in [6.07, 6.45) is 1.83. The molecule has 0 unspecified atom stereocenters. The predicted molar refractivity (Wildman–Crippen MR) is 61.6 cm³/mol. The van der Waals surface area contributed by atoms with E-state index in [2.05, 4.69) is 4.98 Å². The Morgan fingerprint density at radius 2 is 2.00 bits per heavy atom. The van der Waals surface area contributed by atoms with Gasteiger partial charge >= 0.3 is 0 Å². The van der Waals surface area contributed by atoms with Crippen LogP contribution in [-0.2, 0) is 10.0 Å². The third kappa shape index (κ3) is 1.67. The Hall–Kier alpha value is -1.91. The van der Waals surface area contributed by atoms with Crippen molar-refractivity contribution < 1.29 is 8.42 Å². The number of imidazole rings is 1. The molecule has 1 aromatic carbocycles. The smallest absolute Gasteiger partial charge is 0.217 e. The van der Waals surface area contributed by atoms with E-state index in [4.69, 9.17) is 5.26 Å². The number of benzene rings is 1. The molecule has 2 rings (SSSR count). The highest BCUT2D eigenvalue weighted by molar-refractivity contribution is 7.88. The Morgan fingerprint density at radius 3 is 2.59 bits per heavy atom. The first kappa shape index (κ1) is 11.6. The minimum atomic E-state index is -3.72. The molecule has 0 saturated heterocycles. The monoisotopic (exact) mass is 250 g/mol. The minimum absolute atomic E-state index is 0.258. The summed E-state index contributed by atoms with van der Waals surface area (Å²) in [5, 5.41) is 8.78. The van der Waals surface area contributed by atoms with Gasteiger partial charge in [-0.3, -0.25) is 0 Å². The molecule has 2 aromatic rings. The second-order valence-corrected chi connectivity index (χ2v) is 5.65. The molecule has 0 aliphatic rings. The molecule has 0 amide bonds. The van der Waals surface area contributed by atoms with Crippen molar-refractivity contribution in [3.05, 3.63) is 24.3 Å². The number of nitriles is 1. The largest absolute Gasteiger partial charge is 0.277 e. The zero-order valence-corrected chi connectivity index (χ0v) is 10.1. The van der Waals surface area contributed by atoms with Crippen LogP contribution < -0.4 is 0 Å². The lowest BCUT2D eigenvalue weighted by molar-refractivity contribution is 0.510. The lowest BCUT2D eigenvalue weighted by Crippen LogP contribution is -2.25. The number of fused-ring (bicyclic) bond motifs is 1. The van der Waals surface area contributed by atoms with Gasteiger partial charge in [0.25, 0.3) is 15.2 Å². The fourth-order valence-corrected chi connectivity index (χ4v) is 2.35. The first-order valence-corrected chi connectivity index (χ1v) is 6.22. The highest BCUT2D eigenvalue weighted by atomic mass is 32.2. The molecule has 0 atom stereocenters. The van der Waals surface area contributed by atoms with Crippen molar-refractivity contribution in [2.45, 2.75) is 5.16 Å². The molecule has 0 aliphatic carbocycles. The van der Waals surface area contributed by atoms with E-state index in [0.29, 0.717) is 11.0 Å². The van der Waals surface area contributed by atoms with E-state index in [9.17, 15) is 8.42 Å². The van der Waals surface area contributed by atoms with Crippen molar-refractivity contribution in [2.75, 3.05) is 14.1 Å². The van der Waals surface area contributed by atoms with E-state index in [0.717, 1.165) is 8.87 Å². The zero-order valence-electron chi connectivity index (χ0n) is 9.32. The third-order valence-electron chi connectivity index (χ3n) is 2.34. The number of aromatic nitrogens is 2. The Morgan fingerprint density at radius 1 is 1.35 bits per heavy atom. The molecule has 7 heteroatoms. The zero-order chi connectivity index (χ0) is 12.6. The molecule has 6 nitrogen and oxygen atoms in total. The van der Waals surface area contributed by atoms with Gasteiger partial charge in [-0.25, -0.2) is 22.3 Å². The number of para-hydroxylation sites is 2. The number of rotatable bonds is 2. The highest BCUT2D eigenvalue weighted by Crippen LogP contribution is 2.19. The van der Waals surface area contributed by atoms with Crippen molar-refractivity contribution in [2.24, 2.45) is 0 Å². The van der Waals surface area contributed by atoms with Crippen LogP contribution in [0.15, 0.2) is 29.4 Å². The molecule has 0 spiro atoms. The second-order valence-electron chi connectivity index (χ2n) is 3.61. The van der Waals surface area contributed by atoms with Crippen molar-refractivity contribution in [3.8, 4) is 6.19 Å². The van der Waals surface area contributed by atoms with Crippen LogP contribution in [0, 0.1) is 11.5 Å². The maximum atomic E-state index is 12.0. The van der Waals surface area contributed by atoms with E-state index in [1.807, 2.05) is 6.19 Å². The van der Waals surface area contributed by atoms with E-state index in [-0.39, 0.29) is 5.16 Å². The predicted octanol–water partition coefficient (Wildman–Crippen LogP) is 0.616. The molecule has 0 bridgehead atoms. The van der Waals surface area contributed by atoms with Gasteiger partial charge in [-0.15, -0.1) is 0 Å². The average molecular weight is 250 g/mol. The maximum absolute atomic E-state index is 12.0. The van der Waals surface area contributed by atoms with Crippen molar-refractivity contribution >= 4 is 21.1 Å². The van der Waals surface area contributed by atoms with Crippen molar-refractivity contribution in [1.82, 2.24) is 13.9 Å². The standard InChI is InChI=1S/C10H10N4O2S/c1-13(2)17(15,16)10-12-8-5-3-4-6-9(8)14(10)7-11/h3-6H,1-2H3. The third-order valence-corrected chi connectivity index (χ3v) is 4.04. The van der Waals surface area contributed by atoms with E-state index >= 15 is 0 Å². The van der Waals surface area contributed by atoms with E-state index in [1.54, 1.807) is 24.3 Å². The summed E-state index contributed by atoms with van der Waals surface area (Å²) >= 11 is 0. The molecule has 0 saturated carbocycles. The highest BCUT2D eigenvalue weighted by Gasteiger charge is 2.25. The van der Waals surface area contributed by atoms with Crippen molar-refractivity contribution in [1.29, 1.82) is 5.26 Å². The molecule has 17 heavy (non-hydrogen) atoms. The number of nitrogens with zero attached hydrogens (tertiary/aromatic N) is 4. The summed E-state index contributed by atoms with van der Waals surface area (Å²) in [6.45, 7) is 0. The molecule has 1 aromatic heterocycles. The van der Waals surface area contributed by atoms with Gasteiger partial charge in [-0.05, 0) is 12.1 Å². The first-order chi connectivity index (χ1) is 7.98. The summed E-state index contributed by atoms with van der Waals surface area (Å²) in [5.74, 6) is 0. The normalized spacial score (nSPS) is 11.9. The Labute approximate surface area is 98.8 Å². The summed E-state index contributed by atoms with van der Waals surface area (Å²) in [7, 11) is -0.920. The SMILES string of the molecule is CN(C)S(=O)(=O)c1nc2ccccc2n1C#N. The van der Waals surface area contributed by atoms with Gasteiger partial charge < -0.3 is 0 Å². The molecule has 1 heterocycles. The van der Waals surface area contributed by atoms with Crippen LogP contribution in [0.3, 0.4) is 0 Å². The Kier molecular flexibility index (Phi) is 2.61. The van der Waals surface area contributed by atoms with Crippen LogP contribution >= 0.6 is 0 Å². The Balaban J connectivity index is 2.85. The van der Waals surface area contributed by atoms with Crippen LogP contribution in [0.25, 0.3) is 11.0 Å². The molecule has 88 valence electrons. The molecule has 0 aliphatic heterocycles. The molecular weight excluding hydrogens is 240 g/mol. The van der Waals surface area contributed by atoms with Crippen LogP contribution in [-0.4, -0.2) is 36.4 Å². The van der Waals surface area contributed by atoms with Gasteiger partial charge in [0.1, 0.15) is 0 Å². The first-order valence-electron chi connectivity index (χ1n) is 4.78. The van der Waals surface area contributed by atoms with Crippen LogP contribution in [0.1, 0.15) is 0 Å². The minimum Gasteiger partial charge on any atom is -0.217 e. The van der Waals surface area contributed by atoms with Gasteiger partial charge in [-0.2, -0.15) is 5.26 Å². The summed E-state index contributed by atoms with van der Waals surface area (Å²) in [4.78, 5) is 3.99. The summed E-state index contributed by atoms with van der Waals surface area (Å²) in [5.41, 5.74) is 0.963. The lowest BCUT2D eigenvalue weighted by atomic mass is 10.3. The van der Waals surface area contributed by atoms with Crippen LogP contribution in [0.2, 0.25) is 0 Å². The van der Waals surface area contributed by atoms with Crippen molar-refractivity contribution in [3.63, 3.8) is 0 Å². The van der Waals surface area contributed by atoms with Crippen LogP contribution in [0.5, 0.6) is 0 Å². The average Bonchev–Trinajstić information content (AvgIpc) is 2.67. The fraction of sp³-hybridized carbons (Fsp3) is 0.200. The van der Waals surface area contributed by atoms with Gasteiger partial charge in [0.05, 0.1) is 11.0 Å². The van der Waals surface area contributed by atoms with E-state index < -0.39 is 10.0 Å². The van der Waals surface area contributed by atoms with Gasteiger partial charge in [0, 0.05) is 14.1 Å². The number of sulfonamides is 1. The lowest BCUT2D eigenvalue weighted by Gasteiger charge is -2.08. The van der Waals surface area contributed by atoms with Gasteiger partial charge in [0.2, 0.25) is 0 Å². The molecule has 0 N–H and O–H groups in total. The Bertz CT molecular complexity index is 709. The molecule has 0 fully saturated rings. The topological polar surface area (TPSA) is 79.0 Å². The maximum Gasteiger partial charge on any atom is 0.277 e. The van der Waals surface area contributed by atoms with Crippen LogP contribution in [0.4, 0.5) is 0 Å². The second kappa shape index (κ2) is 3.84. The number of hydrogen-bond donors (Lipinski definition) is 0.